The van der Waals surface area contributed by atoms with Crippen LogP contribution in [-0.4, -0.2) is 18.5 Å². The number of hydrogen-bond acceptors (Lipinski definition) is 3. The van der Waals surface area contributed by atoms with Gasteiger partial charge in [-0.15, -0.1) is 0 Å². The topological polar surface area (TPSA) is 55.4 Å². The Morgan fingerprint density at radius 2 is 1.52 bits per heavy atom. The van der Waals surface area contributed by atoms with E-state index in [4.69, 9.17) is 4.74 Å². The minimum atomic E-state index is -0.546. The summed E-state index contributed by atoms with van der Waals surface area (Å²) >= 11 is 0. The van der Waals surface area contributed by atoms with Crippen LogP contribution in [0.2, 0.25) is 0 Å². The first-order chi connectivity index (χ1) is 12.9. The number of hydrogen-bond donors (Lipinski definition) is 1. The molecule has 142 valence electrons. The van der Waals surface area contributed by atoms with Crippen molar-refractivity contribution in [2.24, 2.45) is 0 Å². The maximum Gasteiger partial charge on any atom is 0.331 e. The van der Waals surface area contributed by atoms with Crippen molar-refractivity contribution >= 4 is 23.6 Å². The third kappa shape index (κ3) is 6.10. The predicted molar refractivity (Wildman–Crippen MR) is 110 cm³/mol. The normalized spacial score (nSPS) is 11.2. The molecule has 0 spiro atoms. The quantitative estimate of drug-likeness (QED) is 0.547. The molecule has 0 aliphatic heterocycles. The van der Waals surface area contributed by atoms with Crippen LogP contribution in [0.15, 0.2) is 54.6 Å². The Balaban J connectivity index is 1.99. The van der Waals surface area contributed by atoms with Crippen molar-refractivity contribution in [3.8, 4) is 0 Å². The molecule has 0 saturated carbocycles. The number of benzene rings is 2. The van der Waals surface area contributed by atoms with Gasteiger partial charge in [0.05, 0.1) is 0 Å². The fraction of sp³-hybridized carbons (Fsp3) is 0.304. The average Bonchev–Trinajstić information content (AvgIpc) is 2.65. The fourth-order valence-corrected chi connectivity index (χ4v) is 2.78. The van der Waals surface area contributed by atoms with Crippen LogP contribution >= 0.6 is 0 Å². The zero-order valence-corrected chi connectivity index (χ0v) is 16.4. The molecule has 0 fully saturated rings. The zero-order chi connectivity index (χ0) is 19.8. The second-order valence-corrected chi connectivity index (χ2v) is 7.02. The molecule has 0 heterocycles. The lowest BCUT2D eigenvalue weighted by atomic mass is 9.92. The third-order valence-corrected chi connectivity index (χ3v) is 4.19. The lowest BCUT2D eigenvalue weighted by molar-refractivity contribution is -0.142. The number of ether oxygens (including phenoxy) is 1. The van der Waals surface area contributed by atoms with Gasteiger partial charge in [-0.2, -0.15) is 0 Å². The number of rotatable bonds is 7. The highest BCUT2D eigenvalue weighted by molar-refractivity contribution is 5.96. The third-order valence-electron chi connectivity index (χ3n) is 4.19. The molecular formula is C23H27NO3. The van der Waals surface area contributed by atoms with Crippen molar-refractivity contribution < 1.29 is 14.3 Å². The van der Waals surface area contributed by atoms with Gasteiger partial charge in [-0.3, -0.25) is 4.79 Å². The van der Waals surface area contributed by atoms with Crippen LogP contribution in [0.5, 0.6) is 0 Å². The minimum absolute atomic E-state index is 0.273. The van der Waals surface area contributed by atoms with Gasteiger partial charge in [-0.25, -0.2) is 4.79 Å². The van der Waals surface area contributed by atoms with Gasteiger partial charge in [0.15, 0.2) is 6.61 Å². The summed E-state index contributed by atoms with van der Waals surface area (Å²) in [5.74, 6) is -0.340. The molecular weight excluding hydrogens is 338 g/mol. The first-order valence-electron chi connectivity index (χ1n) is 9.21. The molecule has 0 aromatic heterocycles. The summed E-state index contributed by atoms with van der Waals surface area (Å²) in [6.45, 7) is 8.03. The summed E-state index contributed by atoms with van der Waals surface area (Å²) in [6, 6.07) is 15.5. The Hall–Kier alpha value is -2.88. The second kappa shape index (κ2) is 9.72. The number of para-hydroxylation sites is 1. The van der Waals surface area contributed by atoms with Gasteiger partial charge in [0, 0.05) is 11.8 Å². The van der Waals surface area contributed by atoms with E-state index in [1.54, 1.807) is 6.08 Å². The Labute approximate surface area is 161 Å². The van der Waals surface area contributed by atoms with E-state index < -0.39 is 5.97 Å². The molecule has 0 aliphatic rings. The zero-order valence-electron chi connectivity index (χ0n) is 16.4. The van der Waals surface area contributed by atoms with Crippen molar-refractivity contribution in [1.29, 1.82) is 0 Å². The van der Waals surface area contributed by atoms with Crippen LogP contribution in [0.3, 0.4) is 0 Å². The second-order valence-electron chi connectivity index (χ2n) is 7.02. The van der Waals surface area contributed by atoms with E-state index in [-0.39, 0.29) is 24.3 Å². The van der Waals surface area contributed by atoms with Gasteiger partial charge in [0.25, 0.3) is 5.91 Å². The standard InChI is InChI=1S/C23H27NO3/c1-16(2)19-11-8-12-20(17(3)4)23(19)24-21(25)15-27-22(26)14-13-18-9-6-5-7-10-18/h5-14,16-17H,15H2,1-4H3,(H,24,25)/b14-13+. The summed E-state index contributed by atoms with van der Waals surface area (Å²) in [5, 5.41) is 2.93. The van der Waals surface area contributed by atoms with Crippen LogP contribution in [0.1, 0.15) is 56.2 Å². The summed E-state index contributed by atoms with van der Waals surface area (Å²) in [6.07, 6.45) is 2.98. The number of carbonyl (C=O) groups excluding carboxylic acids is 2. The highest BCUT2D eigenvalue weighted by Crippen LogP contribution is 2.32. The average molecular weight is 365 g/mol. The summed E-state index contributed by atoms with van der Waals surface area (Å²) in [7, 11) is 0. The molecule has 0 radical (unpaired) electrons. The van der Waals surface area contributed by atoms with Crippen LogP contribution < -0.4 is 5.32 Å². The molecule has 4 nitrogen and oxygen atoms in total. The van der Waals surface area contributed by atoms with E-state index in [1.807, 2.05) is 48.5 Å². The molecule has 0 unspecified atom stereocenters. The molecule has 2 aromatic carbocycles. The van der Waals surface area contributed by atoms with E-state index in [1.165, 1.54) is 6.08 Å². The Bertz CT molecular complexity index is 781. The van der Waals surface area contributed by atoms with Crippen molar-refractivity contribution in [1.82, 2.24) is 0 Å². The van der Waals surface area contributed by atoms with E-state index >= 15 is 0 Å². The SMILES string of the molecule is CC(C)c1cccc(C(C)C)c1NC(=O)COC(=O)/C=C/c1ccccc1. The van der Waals surface area contributed by atoms with E-state index in [0.717, 1.165) is 22.4 Å². The van der Waals surface area contributed by atoms with Crippen molar-refractivity contribution in [2.45, 2.75) is 39.5 Å². The molecule has 2 aromatic rings. The number of anilines is 1. The van der Waals surface area contributed by atoms with Crippen LogP contribution in [0.25, 0.3) is 6.08 Å². The maximum absolute atomic E-state index is 12.3. The summed E-state index contributed by atoms with van der Waals surface area (Å²) in [5.41, 5.74) is 3.87. The van der Waals surface area contributed by atoms with Gasteiger partial charge in [-0.1, -0.05) is 76.2 Å². The molecule has 0 saturated heterocycles. The Morgan fingerprint density at radius 3 is 2.07 bits per heavy atom. The van der Waals surface area contributed by atoms with Crippen LogP contribution in [0, 0.1) is 0 Å². The summed E-state index contributed by atoms with van der Waals surface area (Å²) < 4.78 is 5.06. The Kier molecular flexibility index (Phi) is 7.35. The molecule has 0 aliphatic carbocycles. The Morgan fingerprint density at radius 1 is 0.926 bits per heavy atom. The highest BCUT2D eigenvalue weighted by Gasteiger charge is 2.16. The van der Waals surface area contributed by atoms with Crippen molar-refractivity contribution in [3.05, 3.63) is 71.3 Å². The smallest absolute Gasteiger partial charge is 0.331 e. The van der Waals surface area contributed by atoms with Crippen LogP contribution in [0.4, 0.5) is 5.69 Å². The maximum atomic E-state index is 12.3. The molecule has 1 amide bonds. The molecule has 27 heavy (non-hydrogen) atoms. The van der Waals surface area contributed by atoms with Crippen molar-refractivity contribution in [3.63, 3.8) is 0 Å². The van der Waals surface area contributed by atoms with Gasteiger partial charge in [0.1, 0.15) is 0 Å². The molecule has 0 atom stereocenters. The van der Waals surface area contributed by atoms with Crippen molar-refractivity contribution in [2.75, 3.05) is 11.9 Å². The van der Waals surface area contributed by atoms with Crippen LogP contribution in [-0.2, 0) is 14.3 Å². The first kappa shape index (κ1) is 20.4. The monoisotopic (exact) mass is 365 g/mol. The predicted octanol–water partition coefficient (Wildman–Crippen LogP) is 5.13. The lowest BCUT2D eigenvalue weighted by Crippen LogP contribution is -2.22. The van der Waals surface area contributed by atoms with Gasteiger partial charge < -0.3 is 10.1 Å². The molecule has 4 heteroatoms. The lowest BCUT2D eigenvalue weighted by Gasteiger charge is -2.20. The van der Waals surface area contributed by atoms with E-state index in [9.17, 15) is 9.59 Å². The number of nitrogens with one attached hydrogen (secondary N) is 1. The number of esters is 1. The fourth-order valence-electron chi connectivity index (χ4n) is 2.78. The van der Waals surface area contributed by atoms with E-state index in [0.29, 0.717) is 0 Å². The molecule has 1 N–H and O–H groups in total. The molecule has 0 bridgehead atoms. The number of amides is 1. The first-order valence-corrected chi connectivity index (χ1v) is 9.21. The summed E-state index contributed by atoms with van der Waals surface area (Å²) in [4.78, 5) is 24.2. The largest absolute Gasteiger partial charge is 0.452 e. The van der Waals surface area contributed by atoms with Gasteiger partial charge >= 0.3 is 5.97 Å². The highest BCUT2D eigenvalue weighted by atomic mass is 16.5. The molecule has 2 rings (SSSR count). The van der Waals surface area contributed by atoms with Gasteiger partial charge in [0.2, 0.25) is 0 Å². The van der Waals surface area contributed by atoms with E-state index in [2.05, 4.69) is 33.0 Å². The minimum Gasteiger partial charge on any atom is -0.452 e. The van der Waals surface area contributed by atoms with Gasteiger partial charge in [-0.05, 0) is 34.6 Å². The number of carbonyl (C=O) groups is 2.